The molecule has 1 fully saturated rings. The van der Waals surface area contributed by atoms with Gasteiger partial charge >= 0.3 is 0 Å². The van der Waals surface area contributed by atoms with Crippen LogP contribution in [0.4, 0.5) is 10.1 Å². The third kappa shape index (κ3) is 9.38. The maximum absolute atomic E-state index is 13.8. The molecule has 1 aromatic rings. The summed E-state index contributed by atoms with van der Waals surface area (Å²) in [6.07, 6.45) is 1.95. The van der Waals surface area contributed by atoms with Crippen LogP contribution in [-0.4, -0.2) is 76.9 Å². The van der Waals surface area contributed by atoms with E-state index in [1.807, 2.05) is 18.0 Å². The number of ether oxygens (including phenoxy) is 1. The van der Waals surface area contributed by atoms with Crippen LogP contribution in [0.15, 0.2) is 29.3 Å². The van der Waals surface area contributed by atoms with E-state index >= 15 is 0 Å². The van der Waals surface area contributed by atoms with Crippen LogP contribution in [-0.2, 0) is 4.74 Å². The van der Waals surface area contributed by atoms with Gasteiger partial charge in [0.25, 0.3) is 0 Å². The zero-order valence-corrected chi connectivity index (χ0v) is 19.5. The Bertz CT molecular complexity index is 569. The first-order valence-corrected chi connectivity index (χ1v) is 9.98. The van der Waals surface area contributed by atoms with Gasteiger partial charge in [-0.2, -0.15) is 0 Å². The predicted molar refractivity (Wildman–Crippen MR) is 126 cm³/mol. The predicted octanol–water partition coefficient (Wildman–Crippen LogP) is 2.55. The van der Waals surface area contributed by atoms with Crippen LogP contribution >= 0.6 is 24.0 Å². The number of halogens is 2. The van der Waals surface area contributed by atoms with E-state index in [1.54, 1.807) is 12.1 Å². The van der Waals surface area contributed by atoms with E-state index in [-0.39, 0.29) is 29.8 Å². The molecule has 1 saturated heterocycles. The molecule has 0 amide bonds. The normalized spacial score (nSPS) is 15.0. The third-order valence-electron chi connectivity index (χ3n) is 4.58. The van der Waals surface area contributed by atoms with Crippen LogP contribution in [0.2, 0.25) is 0 Å². The smallest absolute Gasteiger partial charge is 0.191 e. The molecule has 0 saturated carbocycles. The number of morpholine rings is 1. The zero-order valence-electron chi connectivity index (χ0n) is 17.1. The molecule has 8 heteroatoms. The molecule has 0 atom stereocenters. The number of hydrogen-bond acceptors (Lipinski definition) is 4. The summed E-state index contributed by atoms with van der Waals surface area (Å²) in [4.78, 5) is 9.00. The Morgan fingerprint density at radius 3 is 2.68 bits per heavy atom. The van der Waals surface area contributed by atoms with Gasteiger partial charge in [0, 0.05) is 46.3 Å². The maximum Gasteiger partial charge on any atom is 0.191 e. The Kier molecular flexibility index (Phi) is 13.2. The van der Waals surface area contributed by atoms with Gasteiger partial charge in [-0.25, -0.2) is 4.39 Å². The molecular weight excluding hydrogens is 472 g/mol. The van der Waals surface area contributed by atoms with Crippen molar-refractivity contribution in [1.82, 2.24) is 15.5 Å². The number of nitrogens with zero attached hydrogens (tertiary/aromatic N) is 3. The fourth-order valence-corrected chi connectivity index (χ4v) is 3.06. The van der Waals surface area contributed by atoms with Crippen LogP contribution in [0.5, 0.6) is 0 Å². The molecule has 0 spiro atoms. The Hall–Kier alpha value is -1.13. The van der Waals surface area contributed by atoms with E-state index in [4.69, 9.17) is 4.74 Å². The van der Waals surface area contributed by atoms with E-state index in [0.717, 1.165) is 71.3 Å². The van der Waals surface area contributed by atoms with E-state index in [9.17, 15) is 4.39 Å². The lowest BCUT2D eigenvalue weighted by atomic mass is 10.2. The van der Waals surface area contributed by atoms with Crippen molar-refractivity contribution in [1.29, 1.82) is 0 Å². The summed E-state index contributed by atoms with van der Waals surface area (Å²) in [6, 6.07) is 6.87. The average molecular weight is 507 g/mol. The van der Waals surface area contributed by atoms with Crippen molar-refractivity contribution in [3.8, 4) is 0 Å². The summed E-state index contributed by atoms with van der Waals surface area (Å²) < 4.78 is 19.2. The first-order chi connectivity index (χ1) is 13.2. The number of guanidine groups is 1. The van der Waals surface area contributed by atoms with Crippen molar-refractivity contribution in [2.75, 3.05) is 71.0 Å². The summed E-state index contributed by atoms with van der Waals surface area (Å²) in [5, 5.41) is 6.68. The molecule has 1 aromatic carbocycles. The first kappa shape index (κ1) is 24.9. The standard InChI is InChI=1S/C20H34FN5O.HI/c1-3-22-20(24-11-7-13-26-14-16-27-17-15-26)23-10-6-12-25(2)19-9-5-4-8-18(19)21;/h4-5,8-9H,3,6-7,10-17H2,1-2H3,(H2,22,23,24);1H. The van der Waals surface area contributed by atoms with Gasteiger partial charge in [-0.1, -0.05) is 12.1 Å². The third-order valence-corrected chi connectivity index (χ3v) is 4.58. The van der Waals surface area contributed by atoms with E-state index in [0.29, 0.717) is 12.2 Å². The molecule has 2 N–H and O–H groups in total. The summed E-state index contributed by atoms with van der Waals surface area (Å²) in [5.74, 6) is 0.673. The highest BCUT2D eigenvalue weighted by atomic mass is 127. The molecule has 0 bridgehead atoms. The Morgan fingerprint density at radius 2 is 1.96 bits per heavy atom. The fourth-order valence-electron chi connectivity index (χ4n) is 3.06. The van der Waals surface area contributed by atoms with Crippen molar-refractivity contribution in [3.05, 3.63) is 30.1 Å². The molecule has 0 aromatic heterocycles. The highest BCUT2D eigenvalue weighted by molar-refractivity contribution is 14.0. The second-order valence-corrected chi connectivity index (χ2v) is 6.72. The van der Waals surface area contributed by atoms with Crippen LogP contribution in [0.25, 0.3) is 0 Å². The molecule has 6 nitrogen and oxygen atoms in total. The van der Waals surface area contributed by atoms with Crippen LogP contribution in [0.3, 0.4) is 0 Å². The minimum atomic E-state index is -0.182. The molecule has 1 aliphatic rings. The molecule has 2 rings (SSSR count). The lowest BCUT2D eigenvalue weighted by Gasteiger charge is -2.26. The number of hydrogen-bond donors (Lipinski definition) is 2. The van der Waals surface area contributed by atoms with Gasteiger partial charge in [0.15, 0.2) is 5.96 Å². The minimum Gasteiger partial charge on any atom is -0.379 e. The second-order valence-electron chi connectivity index (χ2n) is 6.72. The summed E-state index contributed by atoms with van der Waals surface area (Å²) in [7, 11) is 1.91. The van der Waals surface area contributed by atoms with Crippen LogP contribution < -0.4 is 15.5 Å². The van der Waals surface area contributed by atoms with Crippen molar-refractivity contribution >= 4 is 35.6 Å². The Morgan fingerprint density at radius 1 is 1.21 bits per heavy atom. The highest BCUT2D eigenvalue weighted by Gasteiger charge is 2.09. The van der Waals surface area contributed by atoms with E-state index < -0.39 is 0 Å². The van der Waals surface area contributed by atoms with Crippen molar-refractivity contribution in [2.45, 2.75) is 19.8 Å². The topological polar surface area (TPSA) is 52.1 Å². The summed E-state index contributed by atoms with van der Waals surface area (Å²) in [6.45, 7) is 10.1. The Labute approximate surface area is 185 Å². The molecule has 1 heterocycles. The molecule has 28 heavy (non-hydrogen) atoms. The fraction of sp³-hybridized carbons (Fsp3) is 0.650. The molecule has 160 valence electrons. The molecule has 0 unspecified atom stereocenters. The van der Waals surface area contributed by atoms with E-state index in [2.05, 4.69) is 27.4 Å². The van der Waals surface area contributed by atoms with Gasteiger partial charge in [-0.3, -0.25) is 9.89 Å². The van der Waals surface area contributed by atoms with Crippen molar-refractivity contribution in [3.63, 3.8) is 0 Å². The SMILES string of the molecule is CCNC(=NCCCN(C)c1ccccc1F)NCCCN1CCOCC1.I. The number of benzene rings is 1. The van der Waals surface area contributed by atoms with Crippen LogP contribution in [0, 0.1) is 5.82 Å². The van der Waals surface area contributed by atoms with Gasteiger partial charge in [-0.15, -0.1) is 24.0 Å². The van der Waals surface area contributed by atoms with Crippen molar-refractivity contribution < 1.29 is 9.13 Å². The number of aliphatic imine (C=N–C) groups is 1. The van der Waals surface area contributed by atoms with E-state index in [1.165, 1.54) is 6.07 Å². The highest BCUT2D eigenvalue weighted by Crippen LogP contribution is 2.16. The zero-order chi connectivity index (χ0) is 19.3. The molecule has 0 radical (unpaired) electrons. The van der Waals surface area contributed by atoms with Gasteiger partial charge in [0.1, 0.15) is 5.82 Å². The average Bonchev–Trinajstić information content (AvgIpc) is 2.69. The summed E-state index contributed by atoms with van der Waals surface area (Å²) >= 11 is 0. The first-order valence-electron chi connectivity index (χ1n) is 9.98. The van der Waals surface area contributed by atoms with Gasteiger partial charge in [0.05, 0.1) is 18.9 Å². The molecule has 1 aliphatic heterocycles. The Balaban J connectivity index is 0.00000392. The number of para-hydroxylation sites is 1. The molecule has 0 aliphatic carbocycles. The van der Waals surface area contributed by atoms with Gasteiger partial charge in [0.2, 0.25) is 0 Å². The number of nitrogens with one attached hydrogen (secondary N) is 2. The van der Waals surface area contributed by atoms with Crippen molar-refractivity contribution in [2.24, 2.45) is 4.99 Å². The lowest BCUT2D eigenvalue weighted by Crippen LogP contribution is -2.40. The monoisotopic (exact) mass is 507 g/mol. The lowest BCUT2D eigenvalue weighted by molar-refractivity contribution is 0.0376. The van der Waals surface area contributed by atoms with Gasteiger partial charge < -0.3 is 20.3 Å². The minimum absolute atomic E-state index is 0. The second kappa shape index (κ2) is 14.8. The summed E-state index contributed by atoms with van der Waals surface area (Å²) in [5.41, 5.74) is 0.634. The van der Waals surface area contributed by atoms with Gasteiger partial charge in [-0.05, 0) is 38.4 Å². The maximum atomic E-state index is 13.8. The number of anilines is 1. The van der Waals surface area contributed by atoms with Crippen LogP contribution in [0.1, 0.15) is 19.8 Å². The molecular formula is C20H35FIN5O. The quantitative estimate of drug-likeness (QED) is 0.221. The number of rotatable bonds is 10. The largest absolute Gasteiger partial charge is 0.379 e.